The van der Waals surface area contributed by atoms with Crippen LogP contribution in [0.1, 0.15) is 25.7 Å². The van der Waals surface area contributed by atoms with Crippen molar-refractivity contribution in [3.8, 4) is 5.75 Å². The van der Waals surface area contributed by atoms with Crippen LogP contribution in [-0.2, 0) is 0 Å². The van der Waals surface area contributed by atoms with E-state index in [2.05, 4.69) is 32.2 Å². The lowest BCUT2D eigenvalue weighted by atomic mass is 9.91. The lowest BCUT2D eigenvalue weighted by molar-refractivity contribution is 0.0809. The predicted molar refractivity (Wildman–Crippen MR) is 85.3 cm³/mol. The summed E-state index contributed by atoms with van der Waals surface area (Å²) in [5.41, 5.74) is 0. The summed E-state index contributed by atoms with van der Waals surface area (Å²) < 4.78 is 7.20. The van der Waals surface area contributed by atoms with Gasteiger partial charge < -0.3 is 10.1 Å². The van der Waals surface area contributed by atoms with E-state index in [0.717, 1.165) is 29.4 Å². The van der Waals surface area contributed by atoms with Gasteiger partial charge in [0.15, 0.2) is 0 Å². The van der Waals surface area contributed by atoms with Crippen molar-refractivity contribution in [2.24, 2.45) is 0 Å². The number of piperazine rings is 1. The molecule has 0 amide bonds. The summed E-state index contributed by atoms with van der Waals surface area (Å²) in [4.78, 5) is 2.66. The molecule has 4 heteroatoms. The van der Waals surface area contributed by atoms with Crippen LogP contribution in [0, 0.1) is 0 Å². The quantitative estimate of drug-likeness (QED) is 0.916. The number of halogens is 1. The molecule has 20 heavy (non-hydrogen) atoms. The van der Waals surface area contributed by atoms with E-state index in [0.29, 0.717) is 6.10 Å². The Morgan fingerprint density at radius 1 is 1.10 bits per heavy atom. The molecule has 0 unspecified atom stereocenters. The molecule has 110 valence electrons. The lowest BCUT2D eigenvalue weighted by Crippen LogP contribution is -2.49. The van der Waals surface area contributed by atoms with Crippen molar-refractivity contribution in [3.63, 3.8) is 0 Å². The number of benzene rings is 1. The van der Waals surface area contributed by atoms with Crippen LogP contribution in [-0.4, -0.2) is 43.2 Å². The highest BCUT2D eigenvalue weighted by Crippen LogP contribution is 2.28. The first kappa shape index (κ1) is 14.4. The molecule has 1 aromatic carbocycles. The van der Waals surface area contributed by atoms with Gasteiger partial charge in [-0.25, -0.2) is 0 Å². The second-order valence-electron chi connectivity index (χ2n) is 5.79. The van der Waals surface area contributed by atoms with Gasteiger partial charge in [-0.15, -0.1) is 0 Å². The summed E-state index contributed by atoms with van der Waals surface area (Å²) in [7, 11) is 0. The molecule has 2 fully saturated rings. The molecule has 1 aliphatic carbocycles. The predicted octanol–water partition coefficient (Wildman–Crippen LogP) is 3.04. The third-order valence-corrected chi connectivity index (χ3v) is 4.90. The maximum atomic E-state index is 6.11. The SMILES string of the molecule is Brc1cccc(OC2CCC(N3CCNCC3)CC2)c1. The number of ether oxygens (including phenoxy) is 1. The highest BCUT2D eigenvalue weighted by molar-refractivity contribution is 9.10. The van der Waals surface area contributed by atoms with Gasteiger partial charge >= 0.3 is 0 Å². The van der Waals surface area contributed by atoms with Gasteiger partial charge in [-0.2, -0.15) is 0 Å². The Morgan fingerprint density at radius 2 is 1.85 bits per heavy atom. The molecular formula is C16H23BrN2O. The summed E-state index contributed by atoms with van der Waals surface area (Å²) in [6.07, 6.45) is 5.31. The van der Waals surface area contributed by atoms with Crippen LogP contribution >= 0.6 is 15.9 Å². The first-order valence-corrected chi connectivity index (χ1v) is 8.47. The maximum Gasteiger partial charge on any atom is 0.120 e. The largest absolute Gasteiger partial charge is 0.490 e. The van der Waals surface area contributed by atoms with Gasteiger partial charge in [-0.3, -0.25) is 4.90 Å². The van der Waals surface area contributed by atoms with Crippen molar-refractivity contribution < 1.29 is 4.74 Å². The molecule has 3 rings (SSSR count). The van der Waals surface area contributed by atoms with Gasteiger partial charge in [0.25, 0.3) is 0 Å². The molecule has 2 aliphatic rings. The second kappa shape index (κ2) is 6.92. The van der Waals surface area contributed by atoms with Crippen LogP contribution in [0.2, 0.25) is 0 Å². The van der Waals surface area contributed by atoms with Crippen molar-refractivity contribution in [1.29, 1.82) is 0 Å². The third-order valence-electron chi connectivity index (χ3n) is 4.41. The average molecular weight is 339 g/mol. The zero-order valence-electron chi connectivity index (χ0n) is 11.9. The van der Waals surface area contributed by atoms with E-state index in [-0.39, 0.29) is 0 Å². The number of nitrogens with zero attached hydrogens (tertiary/aromatic N) is 1. The summed E-state index contributed by atoms with van der Waals surface area (Å²) in [5, 5.41) is 3.43. The highest BCUT2D eigenvalue weighted by atomic mass is 79.9. The molecule has 0 radical (unpaired) electrons. The Labute approximate surface area is 129 Å². The number of nitrogens with one attached hydrogen (secondary N) is 1. The van der Waals surface area contributed by atoms with Crippen molar-refractivity contribution in [2.75, 3.05) is 26.2 Å². The van der Waals surface area contributed by atoms with Gasteiger partial charge in [0.05, 0.1) is 6.10 Å². The Kier molecular flexibility index (Phi) is 4.97. The van der Waals surface area contributed by atoms with E-state index in [4.69, 9.17) is 4.74 Å². The van der Waals surface area contributed by atoms with Crippen LogP contribution < -0.4 is 10.1 Å². The van der Waals surface area contributed by atoms with Gasteiger partial charge in [0.2, 0.25) is 0 Å². The van der Waals surface area contributed by atoms with E-state index in [1.54, 1.807) is 0 Å². The molecule has 1 aliphatic heterocycles. The van der Waals surface area contributed by atoms with Gasteiger partial charge in [-0.05, 0) is 43.9 Å². The van der Waals surface area contributed by atoms with E-state index < -0.39 is 0 Å². The van der Waals surface area contributed by atoms with Crippen LogP contribution in [0.3, 0.4) is 0 Å². The molecule has 0 atom stereocenters. The Balaban J connectivity index is 1.48. The lowest BCUT2D eigenvalue weighted by Gasteiger charge is -2.39. The Bertz CT molecular complexity index is 426. The molecule has 1 heterocycles. The molecule has 3 nitrogen and oxygen atoms in total. The molecule has 1 aromatic rings. The van der Waals surface area contributed by atoms with E-state index in [9.17, 15) is 0 Å². The zero-order valence-corrected chi connectivity index (χ0v) is 13.4. The average Bonchev–Trinajstić information content (AvgIpc) is 2.49. The highest BCUT2D eigenvalue weighted by Gasteiger charge is 2.27. The summed E-state index contributed by atoms with van der Waals surface area (Å²) in [6, 6.07) is 8.95. The Hall–Kier alpha value is -0.580. The molecule has 0 aromatic heterocycles. The normalized spacial score (nSPS) is 28.2. The van der Waals surface area contributed by atoms with Crippen molar-refractivity contribution >= 4 is 15.9 Å². The fourth-order valence-electron chi connectivity index (χ4n) is 3.31. The Morgan fingerprint density at radius 3 is 2.55 bits per heavy atom. The molecule has 0 spiro atoms. The first-order chi connectivity index (χ1) is 9.81. The van der Waals surface area contributed by atoms with Gasteiger partial charge in [0, 0.05) is 36.7 Å². The fraction of sp³-hybridized carbons (Fsp3) is 0.625. The van der Waals surface area contributed by atoms with E-state index >= 15 is 0 Å². The summed E-state index contributed by atoms with van der Waals surface area (Å²) >= 11 is 3.50. The summed E-state index contributed by atoms with van der Waals surface area (Å²) in [6.45, 7) is 4.71. The monoisotopic (exact) mass is 338 g/mol. The zero-order chi connectivity index (χ0) is 13.8. The number of rotatable bonds is 3. The van der Waals surface area contributed by atoms with Gasteiger partial charge in [0.1, 0.15) is 5.75 Å². The van der Waals surface area contributed by atoms with Crippen LogP contribution in [0.25, 0.3) is 0 Å². The molecule has 1 saturated carbocycles. The maximum absolute atomic E-state index is 6.11. The topological polar surface area (TPSA) is 24.5 Å². The smallest absolute Gasteiger partial charge is 0.120 e. The molecular weight excluding hydrogens is 316 g/mol. The van der Waals surface area contributed by atoms with Crippen LogP contribution in [0.5, 0.6) is 5.75 Å². The summed E-state index contributed by atoms with van der Waals surface area (Å²) in [5.74, 6) is 0.991. The van der Waals surface area contributed by atoms with Crippen LogP contribution in [0.15, 0.2) is 28.7 Å². The minimum atomic E-state index is 0.392. The number of hydrogen-bond donors (Lipinski definition) is 1. The molecule has 1 N–H and O–H groups in total. The second-order valence-corrected chi connectivity index (χ2v) is 6.71. The van der Waals surface area contributed by atoms with E-state index in [1.165, 1.54) is 38.8 Å². The van der Waals surface area contributed by atoms with Crippen molar-refractivity contribution in [2.45, 2.75) is 37.8 Å². The molecule has 1 saturated heterocycles. The van der Waals surface area contributed by atoms with Gasteiger partial charge in [-0.1, -0.05) is 22.0 Å². The number of hydrogen-bond acceptors (Lipinski definition) is 3. The standard InChI is InChI=1S/C16H23BrN2O/c17-13-2-1-3-16(12-13)20-15-6-4-14(5-7-15)19-10-8-18-9-11-19/h1-3,12,14-15,18H,4-11H2. The first-order valence-electron chi connectivity index (χ1n) is 7.68. The van der Waals surface area contributed by atoms with Crippen molar-refractivity contribution in [1.82, 2.24) is 10.2 Å². The van der Waals surface area contributed by atoms with Crippen molar-refractivity contribution in [3.05, 3.63) is 28.7 Å². The minimum absolute atomic E-state index is 0.392. The fourth-order valence-corrected chi connectivity index (χ4v) is 3.69. The van der Waals surface area contributed by atoms with E-state index in [1.807, 2.05) is 18.2 Å². The third kappa shape index (κ3) is 3.74. The van der Waals surface area contributed by atoms with Crippen LogP contribution in [0.4, 0.5) is 0 Å². The molecule has 0 bridgehead atoms. The minimum Gasteiger partial charge on any atom is -0.490 e.